The molecule has 2 aliphatic heterocycles. The molecule has 1 unspecified atom stereocenters. The monoisotopic (exact) mass is 775 g/mol. The van der Waals surface area contributed by atoms with E-state index in [1.54, 1.807) is 0 Å². The van der Waals surface area contributed by atoms with Crippen LogP contribution in [0.2, 0.25) is 0 Å². The number of piperidine rings is 1. The number of methoxy groups -OCH3 is 1. The Bertz CT molecular complexity index is 3050. The van der Waals surface area contributed by atoms with Crippen LogP contribution in [0.3, 0.4) is 0 Å². The minimum Gasteiger partial charge on any atom is -0.384 e. The van der Waals surface area contributed by atoms with Crippen LogP contribution in [0, 0.1) is 18.6 Å². The summed E-state index contributed by atoms with van der Waals surface area (Å²) in [5.74, 6) is -6.16. The van der Waals surface area contributed by atoms with Crippen LogP contribution in [0.15, 0.2) is 95.7 Å². The van der Waals surface area contributed by atoms with Gasteiger partial charge < -0.3 is 24.5 Å². The Morgan fingerprint density at radius 3 is 2.42 bits per heavy atom. The van der Waals surface area contributed by atoms with E-state index in [1.165, 1.54) is 0 Å². The van der Waals surface area contributed by atoms with Crippen LogP contribution in [-0.2, 0) is 28.0 Å². The van der Waals surface area contributed by atoms with Gasteiger partial charge in [-0.3, -0.25) is 4.79 Å². The normalized spacial score (nSPS) is 24.4. The van der Waals surface area contributed by atoms with Gasteiger partial charge in [0.05, 0.1) is 44.6 Å². The Kier molecular flexibility index (Phi) is 5.85. The lowest BCUT2D eigenvalue weighted by Crippen LogP contribution is -2.50. The zero-order valence-electron chi connectivity index (χ0n) is 51.3. The summed E-state index contributed by atoms with van der Waals surface area (Å²) < 4.78 is 281. The predicted molar refractivity (Wildman–Crippen MR) is 198 cm³/mol. The lowest BCUT2D eigenvalue weighted by Gasteiger charge is -2.40. The van der Waals surface area contributed by atoms with E-state index in [0.717, 1.165) is 11.8 Å². The van der Waals surface area contributed by atoms with Crippen LogP contribution < -0.4 is 4.90 Å². The molecule has 1 fully saturated rings. The summed E-state index contributed by atoms with van der Waals surface area (Å²) in [6.07, 6.45) is -8.70. The molecule has 1 N–H and O–H groups in total. The molecule has 280 valence electrons. The number of amides is 1. The van der Waals surface area contributed by atoms with E-state index in [4.69, 9.17) is 30.2 Å². The van der Waals surface area contributed by atoms with Crippen molar-refractivity contribution in [1.82, 2.24) is 9.80 Å². The average molecular weight is 776 g/mol. The standard InChI is InChI=1S/C41H42F5N3O3S/c1-27-6-15-36-34(22-27)37(50)23-39(53-26-31-4-3-5-35(42)40(31)43)49(36)25-38(51)48(33-16-18-47(19-17-33)20-21-52-2)24-28-7-9-29(10-8-28)30-11-13-32(14-12-30)41(44,45)46/h3-15,22-23,33,37,50H,16-21,24-26H2,1-2H3/i2D3,3D,4D,5D,6D,7D,8D,9D,10D,11D,12D,13D,14D,15D,20D2,22D,23D,25D2,26D2. The SMILES string of the molecule is [2H]C1=C(SC([2H])([2H])c2c([2H])c([2H])c([2H])c(F)c2F)N(C([2H])([2H])C(=O)N(Cc2c([2H])c([2H])c(-c3c([2H])c([2H])c(C(F)(F)F)c([2H])c3[2H])c([2H])c2[2H])C2CCN(C([2H])([2H])COC([2H])([2H])[2H])CC2)c2c([2H])c([2H])c(C)c([2H])c2C1O. The number of fused-ring (bicyclic) bond motifs is 1. The third-order valence-corrected chi connectivity index (χ3v) is 8.63. The molecule has 0 radical (unpaired) electrons. The van der Waals surface area contributed by atoms with Crippen LogP contribution in [0.25, 0.3) is 11.1 Å². The number of hydrogen-bond acceptors (Lipinski definition) is 6. The first-order valence-electron chi connectivity index (χ1n) is 27.5. The van der Waals surface area contributed by atoms with Gasteiger partial charge in [0.1, 0.15) is 12.6 Å². The number of aliphatic hydroxyl groups excluding tert-OH is 1. The molecular formula is C41H42F5N3O3S. The molecule has 0 aliphatic carbocycles. The van der Waals surface area contributed by atoms with Crippen LogP contribution in [0.5, 0.6) is 0 Å². The third kappa shape index (κ3) is 9.29. The minimum absolute atomic E-state index is 0.0799. The van der Waals surface area contributed by atoms with E-state index < -0.39 is 247 Å². The molecule has 0 saturated carbocycles. The molecule has 0 aromatic heterocycles. The summed E-state index contributed by atoms with van der Waals surface area (Å²) in [6, 6.07) is -20.5. The molecule has 6 nitrogen and oxygen atoms in total. The Balaban J connectivity index is 1.59. The van der Waals surface area contributed by atoms with Gasteiger partial charge in [0, 0.05) is 67.2 Å². The zero-order valence-corrected chi connectivity index (χ0v) is 28.1. The number of benzene rings is 4. The van der Waals surface area contributed by atoms with E-state index in [2.05, 4.69) is 4.74 Å². The van der Waals surface area contributed by atoms with Crippen LogP contribution >= 0.6 is 11.8 Å². The smallest absolute Gasteiger partial charge is 0.384 e. The number of likely N-dealkylation sites (tertiary alicyclic amines) is 1. The lowest BCUT2D eigenvalue weighted by molar-refractivity contribution is -0.137. The van der Waals surface area contributed by atoms with Crippen molar-refractivity contribution in [2.75, 3.05) is 44.6 Å². The first-order valence-corrected chi connectivity index (χ1v) is 16.3. The Labute approximate surface area is 344 Å². The molecular weight excluding hydrogens is 710 g/mol. The van der Waals surface area contributed by atoms with Gasteiger partial charge in [0.2, 0.25) is 5.91 Å². The van der Waals surface area contributed by atoms with Gasteiger partial charge in [-0.25, -0.2) is 8.78 Å². The summed E-state index contributed by atoms with van der Waals surface area (Å²) in [5.41, 5.74) is -12.4. The maximum atomic E-state index is 15.6. The second kappa shape index (κ2) is 16.8. The second-order valence-electron chi connectivity index (χ2n) is 11.3. The molecule has 2 aliphatic rings. The van der Waals surface area contributed by atoms with Gasteiger partial charge in [-0.2, -0.15) is 13.2 Å². The highest BCUT2D eigenvalue weighted by Crippen LogP contribution is 2.41. The van der Waals surface area contributed by atoms with Gasteiger partial charge in [-0.05, 0) is 66.7 Å². The summed E-state index contributed by atoms with van der Waals surface area (Å²) in [6.45, 7) is -8.45. The van der Waals surface area contributed by atoms with E-state index in [0.29, 0.717) is 4.90 Å². The van der Waals surface area contributed by atoms with Gasteiger partial charge in [-0.15, -0.1) is 11.8 Å². The van der Waals surface area contributed by atoms with Crippen LogP contribution in [0.4, 0.5) is 27.6 Å². The number of aliphatic hydroxyl groups is 1. The molecule has 4 aromatic carbocycles. The Morgan fingerprint density at radius 2 is 1.74 bits per heavy atom. The van der Waals surface area contributed by atoms with Crippen molar-refractivity contribution in [2.24, 2.45) is 0 Å². The minimum atomic E-state index is -5.43. The quantitative estimate of drug-likeness (QED) is 0.146. The van der Waals surface area contributed by atoms with E-state index in [9.17, 15) is 25.4 Å². The predicted octanol–water partition coefficient (Wildman–Crippen LogP) is 8.73. The first kappa shape index (κ1) is 18.4. The maximum absolute atomic E-state index is 15.6. The maximum Gasteiger partial charge on any atom is 0.416 e. The number of thioether (sulfide) groups is 1. The van der Waals surface area contributed by atoms with E-state index >= 15 is 9.18 Å². The summed E-state index contributed by atoms with van der Waals surface area (Å²) in [7, 11) is -3.05. The van der Waals surface area contributed by atoms with Gasteiger partial charge in [0.25, 0.3) is 0 Å². The molecule has 0 bridgehead atoms. The lowest BCUT2D eigenvalue weighted by atomic mass is 9.99. The van der Waals surface area contributed by atoms with Crippen molar-refractivity contribution in [3.05, 3.63) is 135 Å². The molecule has 0 spiro atoms. The number of ether oxygens (including phenoxy) is 1. The molecule has 1 amide bonds. The average Bonchev–Trinajstić information content (AvgIpc) is 3.33. The number of anilines is 1. The molecule has 1 saturated heterocycles. The Morgan fingerprint density at radius 1 is 1.04 bits per heavy atom. The van der Waals surface area contributed by atoms with Crippen molar-refractivity contribution in [2.45, 2.75) is 50.3 Å². The second-order valence-corrected chi connectivity index (χ2v) is 12.1. The van der Waals surface area contributed by atoms with Crippen molar-refractivity contribution in [3.63, 3.8) is 0 Å². The fourth-order valence-corrected chi connectivity index (χ4v) is 5.98. The summed E-state index contributed by atoms with van der Waals surface area (Å²) >= 11 is -0.471. The largest absolute Gasteiger partial charge is 0.416 e. The fourth-order valence-electron chi connectivity index (χ4n) is 5.24. The van der Waals surface area contributed by atoms with Gasteiger partial charge in [-0.1, -0.05) is 66.0 Å². The summed E-state index contributed by atoms with van der Waals surface area (Å²) in [4.78, 5) is 17.2. The number of rotatable bonds is 12. The van der Waals surface area contributed by atoms with Gasteiger partial charge in [0.15, 0.2) is 11.6 Å². The van der Waals surface area contributed by atoms with Crippen LogP contribution in [-0.4, -0.2) is 66.6 Å². The zero-order chi connectivity index (χ0) is 58.6. The number of halogens is 5. The number of hydrogen-bond donors (Lipinski definition) is 1. The first-order chi connectivity index (χ1) is 35.1. The van der Waals surface area contributed by atoms with E-state index in [-0.39, 0.29) is 10.5 Å². The molecule has 1 atom stereocenters. The molecule has 2 heterocycles. The van der Waals surface area contributed by atoms with Gasteiger partial charge >= 0.3 is 6.18 Å². The van der Waals surface area contributed by atoms with Crippen molar-refractivity contribution >= 4 is 23.4 Å². The van der Waals surface area contributed by atoms with Crippen molar-refractivity contribution in [3.8, 4) is 11.1 Å². The summed E-state index contributed by atoms with van der Waals surface area (Å²) in [5, 5.41) is 10.3. The molecule has 6 rings (SSSR count). The topological polar surface area (TPSA) is 56.3 Å². The number of nitrogens with zero attached hydrogens (tertiary/aromatic N) is 3. The number of carbonyl (C=O) groups is 1. The third-order valence-electron chi connectivity index (χ3n) is 7.83. The van der Waals surface area contributed by atoms with E-state index in [1.807, 2.05) is 0 Å². The fraction of sp³-hybridized carbons (Fsp3) is 0.341. The molecule has 12 heteroatoms. The highest BCUT2D eigenvalue weighted by atomic mass is 32.2. The Hall–Kier alpha value is -4.23. The van der Waals surface area contributed by atoms with Crippen molar-refractivity contribution in [1.29, 1.82) is 0 Å². The van der Waals surface area contributed by atoms with Crippen LogP contribution in [0.1, 0.15) is 79.7 Å². The highest BCUT2D eigenvalue weighted by molar-refractivity contribution is 8.02. The van der Waals surface area contributed by atoms with Crippen molar-refractivity contribution < 1.29 is 69.5 Å². The number of alkyl halides is 3. The number of carbonyl (C=O) groups excluding carboxylic acids is 1. The molecule has 4 aromatic rings. The highest BCUT2D eigenvalue weighted by Gasteiger charge is 2.33. The molecule has 53 heavy (non-hydrogen) atoms.